The third kappa shape index (κ3) is 3.75. The van der Waals surface area contributed by atoms with Crippen molar-refractivity contribution in [2.75, 3.05) is 19.8 Å². The Balaban J connectivity index is 3.24. The van der Waals surface area contributed by atoms with Gasteiger partial charge < -0.3 is 10.6 Å². The average molecular weight is 230 g/mol. The summed E-state index contributed by atoms with van der Waals surface area (Å²) in [5.74, 6) is 0. The maximum absolute atomic E-state index is 5.94. The topological polar surface area (TPSA) is 29.3 Å². The molecule has 1 aromatic rings. The Kier molecular flexibility index (Phi) is 4.98. The van der Waals surface area contributed by atoms with Crippen molar-refractivity contribution in [1.29, 1.82) is 0 Å². The van der Waals surface area contributed by atoms with E-state index in [-0.39, 0.29) is 0 Å². The van der Waals surface area contributed by atoms with Gasteiger partial charge in [-0.05, 0) is 55.8 Å². The fraction of sp³-hybridized carbons (Fsp3) is 0.333. The maximum Gasteiger partial charge on any atom is 0.0319 e. The third-order valence-corrected chi connectivity index (χ3v) is 2.66. The average Bonchev–Trinajstić information content (AvgIpc) is 2.23. The fourth-order valence-electron chi connectivity index (χ4n) is 2.02. The van der Waals surface area contributed by atoms with Gasteiger partial charge in [0.1, 0.15) is 0 Å². The summed E-state index contributed by atoms with van der Waals surface area (Å²) < 4.78 is 0. The van der Waals surface area contributed by atoms with E-state index in [0.29, 0.717) is 0 Å². The van der Waals surface area contributed by atoms with E-state index in [9.17, 15) is 0 Å². The van der Waals surface area contributed by atoms with Crippen LogP contribution in [0.4, 0.5) is 5.69 Å². The molecule has 2 N–H and O–H groups in total. The first-order chi connectivity index (χ1) is 8.08. The summed E-state index contributed by atoms with van der Waals surface area (Å²) in [5, 5.41) is 0. The number of anilines is 1. The SMILES string of the molecule is C=CCc1cc(N)cc(CC=C)c1CN(C)C. The minimum Gasteiger partial charge on any atom is -0.399 e. The van der Waals surface area contributed by atoms with Crippen molar-refractivity contribution < 1.29 is 0 Å². The zero-order valence-electron chi connectivity index (χ0n) is 10.9. The van der Waals surface area contributed by atoms with Crippen LogP contribution in [0.15, 0.2) is 37.4 Å². The summed E-state index contributed by atoms with van der Waals surface area (Å²) in [5.41, 5.74) is 10.6. The highest BCUT2D eigenvalue weighted by Gasteiger charge is 2.09. The van der Waals surface area contributed by atoms with Gasteiger partial charge in [-0.2, -0.15) is 0 Å². The van der Waals surface area contributed by atoms with Crippen LogP contribution in [0.3, 0.4) is 0 Å². The van der Waals surface area contributed by atoms with Crippen molar-refractivity contribution in [2.24, 2.45) is 0 Å². The smallest absolute Gasteiger partial charge is 0.0319 e. The van der Waals surface area contributed by atoms with Crippen molar-refractivity contribution in [3.63, 3.8) is 0 Å². The molecule has 0 unspecified atom stereocenters. The van der Waals surface area contributed by atoms with E-state index in [4.69, 9.17) is 5.73 Å². The van der Waals surface area contributed by atoms with Crippen LogP contribution in [0.25, 0.3) is 0 Å². The van der Waals surface area contributed by atoms with Crippen molar-refractivity contribution >= 4 is 5.69 Å². The number of nitrogen functional groups attached to an aromatic ring is 1. The second kappa shape index (κ2) is 6.26. The number of hydrogen-bond donors (Lipinski definition) is 1. The number of allylic oxidation sites excluding steroid dienone is 2. The molecule has 0 amide bonds. The highest BCUT2D eigenvalue weighted by atomic mass is 15.0. The second-order valence-electron chi connectivity index (χ2n) is 4.54. The van der Waals surface area contributed by atoms with Gasteiger partial charge in [0.2, 0.25) is 0 Å². The highest BCUT2D eigenvalue weighted by molar-refractivity contribution is 5.51. The molecule has 0 saturated carbocycles. The van der Waals surface area contributed by atoms with Crippen LogP contribution in [-0.4, -0.2) is 19.0 Å². The lowest BCUT2D eigenvalue weighted by Gasteiger charge is -2.18. The minimum atomic E-state index is 0.821. The van der Waals surface area contributed by atoms with Gasteiger partial charge in [0.25, 0.3) is 0 Å². The minimum absolute atomic E-state index is 0.821. The summed E-state index contributed by atoms with van der Waals surface area (Å²) >= 11 is 0. The Morgan fingerprint density at radius 3 is 1.94 bits per heavy atom. The van der Waals surface area contributed by atoms with E-state index in [1.807, 2.05) is 24.3 Å². The molecule has 0 aromatic heterocycles. The molecule has 2 heteroatoms. The Morgan fingerprint density at radius 2 is 1.59 bits per heavy atom. The lowest BCUT2D eigenvalue weighted by atomic mass is 9.95. The normalized spacial score (nSPS) is 10.5. The molecule has 1 rings (SSSR count). The molecule has 0 atom stereocenters. The molecule has 0 bridgehead atoms. The number of benzene rings is 1. The summed E-state index contributed by atoms with van der Waals surface area (Å²) in [4.78, 5) is 2.17. The van der Waals surface area contributed by atoms with Crippen molar-refractivity contribution in [3.8, 4) is 0 Å². The molecule has 0 fully saturated rings. The highest BCUT2D eigenvalue weighted by Crippen LogP contribution is 2.22. The van der Waals surface area contributed by atoms with Gasteiger partial charge >= 0.3 is 0 Å². The molecule has 92 valence electrons. The number of nitrogens with zero attached hydrogens (tertiary/aromatic N) is 1. The van der Waals surface area contributed by atoms with Crippen LogP contribution in [0.5, 0.6) is 0 Å². The first kappa shape index (κ1) is 13.5. The van der Waals surface area contributed by atoms with Crippen LogP contribution >= 0.6 is 0 Å². The van der Waals surface area contributed by atoms with Crippen molar-refractivity contribution in [1.82, 2.24) is 4.90 Å². The molecule has 2 nitrogen and oxygen atoms in total. The van der Waals surface area contributed by atoms with E-state index in [2.05, 4.69) is 32.2 Å². The van der Waals surface area contributed by atoms with Gasteiger partial charge in [-0.3, -0.25) is 0 Å². The van der Waals surface area contributed by atoms with Crippen LogP contribution in [0.2, 0.25) is 0 Å². The van der Waals surface area contributed by atoms with Gasteiger partial charge in [-0.15, -0.1) is 13.2 Å². The predicted octanol–water partition coefficient (Wildman–Crippen LogP) is 2.79. The lowest BCUT2D eigenvalue weighted by molar-refractivity contribution is 0.400. The van der Waals surface area contributed by atoms with Gasteiger partial charge in [0.15, 0.2) is 0 Å². The Bertz CT molecular complexity index is 374. The molecule has 0 aliphatic carbocycles. The first-order valence-corrected chi connectivity index (χ1v) is 5.85. The van der Waals surface area contributed by atoms with Gasteiger partial charge in [0.05, 0.1) is 0 Å². The zero-order valence-corrected chi connectivity index (χ0v) is 10.9. The Hall–Kier alpha value is -1.54. The molecule has 0 aliphatic rings. The van der Waals surface area contributed by atoms with Crippen LogP contribution in [0.1, 0.15) is 16.7 Å². The standard InChI is InChI=1S/C15H22N2/c1-5-7-12-9-14(16)10-13(8-6-2)15(12)11-17(3)4/h5-6,9-10H,1-2,7-8,11,16H2,3-4H3. The molecular formula is C15H22N2. The number of nitrogens with two attached hydrogens (primary N) is 1. The summed E-state index contributed by atoms with van der Waals surface area (Å²) in [6.07, 6.45) is 5.56. The van der Waals surface area contributed by atoms with Crippen LogP contribution in [0, 0.1) is 0 Å². The summed E-state index contributed by atoms with van der Waals surface area (Å²) in [6.45, 7) is 8.54. The van der Waals surface area contributed by atoms with Crippen molar-refractivity contribution in [2.45, 2.75) is 19.4 Å². The Labute approximate surface area is 104 Å². The number of hydrogen-bond acceptors (Lipinski definition) is 2. The predicted molar refractivity (Wildman–Crippen MR) is 76.0 cm³/mol. The lowest BCUT2D eigenvalue weighted by Crippen LogP contribution is -2.14. The molecule has 0 aliphatic heterocycles. The van der Waals surface area contributed by atoms with Gasteiger partial charge in [-0.25, -0.2) is 0 Å². The van der Waals surface area contributed by atoms with Crippen LogP contribution in [-0.2, 0) is 19.4 Å². The van der Waals surface area contributed by atoms with E-state index in [0.717, 1.165) is 25.1 Å². The molecular weight excluding hydrogens is 208 g/mol. The van der Waals surface area contributed by atoms with Gasteiger partial charge in [-0.1, -0.05) is 12.2 Å². The molecule has 17 heavy (non-hydrogen) atoms. The quantitative estimate of drug-likeness (QED) is 0.601. The Morgan fingerprint density at radius 1 is 1.12 bits per heavy atom. The second-order valence-corrected chi connectivity index (χ2v) is 4.54. The molecule has 1 aromatic carbocycles. The fourth-order valence-corrected chi connectivity index (χ4v) is 2.02. The van der Waals surface area contributed by atoms with Crippen LogP contribution < -0.4 is 5.73 Å². The van der Waals surface area contributed by atoms with E-state index < -0.39 is 0 Å². The molecule has 0 saturated heterocycles. The van der Waals surface area contributed by atoms with E-state index in [1.54, 1.807) is 0 Å². The third-order valence-electron chi connectivity index (χ3n) is 2.66. The number of rotatable bonds is 6. The maximum atomic E-state index is 5.94. The van der Waals surface area contributed by atoms with E-state index >= 15 is 0 Å². The summed E-state index contributed by atoms with van der Waals surface area (Å²) in [7, 11) is 4.15. The summed E-state index contributed by atoms with van der Waals surface area (Å²) in [6, 6.07) is 4.10. The molecule has 0 radical (unpaired) electrons. The zero-order chi connectivity index (χ0) is 12.8. The van der Waals surface area contributed by atoms with Crippen molar-refractivity contribution in [3.05, 3.63) is 54.1 Å². The largest absolute Gasteiger partial charge is 0.399 e. The van der Waals surface area contributed by atoms with Gasteiger partial charge in [0, 0.05) is 12.2 Å². The molecule has 0 spiro atoms. The first-order valence-electron chi connectivity index (χ1n) is 5.85. The monoisotopic (exact) mass is 230 g/mol. The van der Waals surface area contributed by atoms with E-state index in [1.165, 1.54) is 16.7 Å². The molecule has 0 heterocycles.